The maximum Gasteiger partial charge on any atom is 0.287 e. The van der Waals surface area contributed by atoms with Gasteiger partial charge in [0, 0.05) is 33.3 Å². The molecule has 0 fully saturated rings. The molecule has 0 bridgehead atoms. The summed E-state index contributed by atoms with van der Waals surface area (Å²) in [6, 6.07) is 7.02. The molecule has 8 heteroatoms. The molecule has 3 N–H and O–H groups in total. The molecule has 25 heavy (non-hydrogen) atoms. The molecule has 0 saturated carbocycles. The number of guanidine groups is 1. The zero-order valence-electron chi connectivity index (χ0n) is 14.3. The van der Waals surface area contributed by atoms with Gasteiger partial charge in [0.2, 0.25) is 0 Å². The Bertz CT molecular complexity index is 623. The number of aliphatic imine (C=N–C) groups is 1. The minimum atomic E-state index is -0.233. The zero-order valence-corrected chi connectivity index (χ0v) is 14.3. The van der Waals surface area contributed by atoms with Crippen LogP contribution in [-0.4, -0.2) is 45.2 Å². The van der Waals surface area contributed by atoms with Gasteiger partial charge >= 0.3 is 0 Å². The Kier molecular flexibility index (Phi) is 8.13. The fourth-order valence-electron chi connectivity index (χ4n) is 2.02. The van der Waals surface area contributed by atoms with Crippen molar-refractivity contribution in [1.29, 1.82) is 0 Å². The summed E-state index contributed by atoms with van der Waals surface area (Å²) in [4.78, 5) is 15.8. The number of carbonyl (C=O) groups is 1. The molecule has 0 aromatic carbocycles. The lowest BCUT2D eigenvalue weighted by Gasteiger charge is -2.12. The summed E-state index contributed by atoms with van der Waals surface area (Å²) in [7, 11) is 1.70. The third kappa shape index (κ3) is 7.13. The summed E-state index contributed by atoms with van der Waals surface area (Å²) in [6.07, 6.45) is 3.95. The van der Waals surface area contributed by atoms with E-state index in [1.807, 2.05) is 12.1 Å². The third-order valence-electron chi connectivity index (χ3n) is 3.25. The fourth-order valence-corrected chi connectivity index (χ4v) is 2.02. The number of amides is 1. The molecule has 0 aliphatic heterocycles. The van der Waals surface area contributed by atoms with Gasteiger partial charge in [0.05, 0.1) is 12.5 Å². The van der Waals surface area contributed by atoms with Crippen LogP contribution in [0.5, 0.6) is 0 Å². The van der Waals surface area contributed by atoms with Crippen molar-refractivity contribution < 1.29 is 18.4 Å². The maximum absolute atomic E-state index is 11.7. The molecule has 2 aromatic heterocycles. The van der Waals surface area contributed by atoms with E-state index in [0.29, 0.717) is 38.0 Å². The van der Waals surface area contributed by atoms with Gasteiger partial charge in [-0.3, -0.25) is 9.79 Å². The van der Waals surface area contributed by atoms with Crippen LogP contribution >= 0.6 is 0 Å². The van der Waals surface area contributed by atoms with E-state index in [4.69, 9.17) is 13.6 Å². The largest absolute Gasteiger partial charge is 0.467 e. The van der Waals surface area contributed by atoms with Crippen LogP contribution in [0.4, 0.5) is 0 Å². The standard InChI is InChI=1S/C17H24N4O4/c1-18-17(20-7-4-10-23-13-14-5-2-11-24-14)21-9-8-19-16(22)15-6-3-12-25-15/h2-3,5-6,11-12H,4,7-10,13H2,1H3,(H,19,22)(H2,18,20,21). The number of hydrogen-bond acceptors (Lipinski definition) is 5. The molecular weight excluding hydrogens is 324 g/mol. The van der Waals surface area contributed by atoms with E-state index in [1.54, 1.807) is 25.4 Å². The second kappa shape index (κ2) is 10.9. The van der Waals surface area contributed by atoms with E-state index in [-0.39, 0.29) is 5.91 Å². The Labute approximate surface area is 146 Å². The summed E-state index contributed by atoms with van der Waals surface area (Å²) in [5.41, 5.74) is 0. The second-order valence-corrected chi connectivity index (χ2v) is 5.14. The van der Waals surface area contributed by atoms with Crippen molar-refractivity contribution in [2.75, 3.05) is 33.3 Å². The number of furan rings is 2. The van der Waals surface area contributed by atoms with E-state index in [9.17, 15) is 4.79 Å². The van der Waals surface area contributed by atoms with E-state index >= 15 is 0 Å². The van der Waals surface area contributed by atoms with E-state index < -0.39 is 0 Å². The SMILES string of the molecule is CN=C(NCCCOCc1ccco1)NCCNC(=O)c1ccco1. The first-order chi connectivity index (χ1) is 12.3. The van der Waals surface area contributed by atoms with Gasteiger partial charge in [-0.15, -0.1) is 0 Å². The number of rotatable bonds is 10. The lowest BCUT2D eigenvalue weighted by Crippen LogP contribution is -2.41. The molecule has 2 rings (SSSR count). The van der Waals surface area contributed by atoms with E-state index in [2.05, 4.69) is 20.9 Å². The van der Waals surface area contributed by atoms with Crippen molar-refractivity contribution in [3.8, 4) is 0 Å². The van der Waals surface area contributed by atoms with Gasteiger partial charge in [-0.1, -0.05) is 0 Å². The predicted octanol–water partition coefficient (Wildman–Crippen LogP) is 1.37. The van der Waals surface area contributed by atoms with Crippen LogP contribution in [-0.2, 0) is 11.3 Å². The monoisotopic (exact) mass is 348 g/mol. The number of nitrogens with one attached hydrogen (secondary N) is 3. The first-order valence-electron chi connectivity index (χ1n) is 8.16. The normalized spacial score (nSPS) is 11.3. The van der Waals surface area contributed by atoms with Crippen LogP contribution < -0.4 is 16.0 Å². The Hall–Kier alpha value is -2.74. The van der Waals surface area contributed by atoms with Crippen molar-refractivity contribution in [2.45, 2.75) is 13.0 Å². The van der Waals surface area contributed by atoms with Crippen molar-refractivity contribution in [3.05, 3.63) is 48.3 Å². The third-order valence-corrected chi connectivity index (χ3v) is 3.25. The molecule has 0 radical (unpaired) electrons. The minimum absolute atomic E-state index is 0.233. The molecule has 0 saturated heterocycles. The number of ether oxygens (including phenoxy) is 1. The summed E-state index contributed by atoms with van der Waals surface area (Å²) in [5, 5.41) is 9.06. The number of hydrogen-bond donors (Lipinski definition) is 3. The smallest absolute Gasteiger partial charge is 0.287 e. The number of nitrogens with zero attached hydrogens (tertiary/aromatic N) is 1. The van der Waals surface area contributed by atoms with Gasteiger partial charge < -0.3 is 29.5 Å². The van der Waals surface area contributed by atoms with Crippen molar-refractivity contribution in [2.24, 2.45) is 4.99 Å². The van der Waals surface area contributed by atoms with E-state index in [0.717, 1.165) is 18.7 Å². The van der Waals surface area contributed by atoms with E-state index in [1.165, 1.54) is 6.26 Å². The molecule has 0 spiro atoms. The summed E-state index contributed by atoms with van der Waals surface area (Å²) in [5.74, 6) is 1.57. The molecule has 0 unspecified atom stereocenters. The second-order valence-electron chi connectivity index (χ2n) is 5.14. The fraction of sp³-hybridized carbons (Fsp3) is 0.412. The van der Waals surface area contributed by atoms with Crippen LogP contribution in [0, 0.1) is 0 Å². The highest BCUT2D eigenvalue weighted by Gasteiger charge is 2.06. The molecule has 8 nitrogen and oxygen atoms in total. The van der Waals surface area contributed by atoms with Gasteiger partial charge in [-0.25, -0.2) is 0 Å². The molecule has 0 atom stereocenters. The summed E-state index contributed by atoms with van der Waals surface area (Å²) in [6.45, 7) is 2.86. The lowest BCUT2D eigenvalue weighted by atomic mass is 10.4. The molecule has 136 valence electrons. The first kappa shape index (κ1) is 18.6. The Morgan fingerprint density at radius 2 is 1.84 bits per heavy atom. The van der Waals surface area contributed by atoms with Crippen molar-refractivity contribution in [3.63, 3.8) is 0 Å². The molecule has 1 amide bonds. The Balaban J connectivity index is 1.48. The molecule has 2 aromatic rings. The van der Waals surface area contributed by atoms with Gasteiger partial charge in [0.1, 0.15) is 12.4 Å². The Morgan fingerprint density at radius 3 is 2.56 bits per heavy atom. The van der Waals surface area contributed by atoms with Gasteiger partial charge in [0.25, 0.3) is 5.91 Å². The summed E-state index contributed by atoms with van der Waals surface area (Å²) < 4.78 is 15.7. The van der Waals surface area contributed by atoms with Gasteiger partial charge in [0.15, 0.2) is 11.7 Å². The molecule has 2 heterocycles. The molecule has 0 aliphatic carbocycles. The highest BCUT2D eigenvalue weighted by Crippen LogP contribution is 2.01. The highest BCUT2D eigenvalue weighted by molar-refractivity contribution is 5.91. The maximum atomic E-state index is 11.7. The van der Waals surface area contributed by atoms with Crippen LogP contribution in [0.25, 0.3) is 0 Å². The van der Waals surface area contributed by atoms with Crippen LogP contribution in [0.2, 0.25) is 0 Å². The predicted molar refractivity (Wildman–Crippen MR) is 93.4 cm³/mol. The average molecular weight is 348 g/mol. The first-order valence-corrected chi connectivity index (χ1v) is 8.16. The lowest BCUT2D eigenvalue weighted by molar-refractivity contribution is 0.0926. The van der Waals surface area contributed by atoms with Crippen molar-refractivity contribution >= 4 is 11.9 Å². The number of carbonyl (C=O) groups excluding carboxylic acids is 1. The van der Waals surface area contributed by atoms with Gasteiger partial charge in [-0.05, 0) is 30.7 Å². The van der Waals surface area contributed by atoms with Crippen LogP contribution in [0.1, 0.15) is 22.7 Å². The average Bonchev–Trinajstić information content (AvgIpc) is 3.33. The quantitative estimate of drug-likeness (QED) is 0.341. The van der Waals surface area contributed by atoms with Crippen molar-refractivity contribution in [1.82, 2.24) is 16.0 Å². The zero-order chi connectivity index (χ0) is 17.7. The summed E-state index contributed by atoms with van der Waals surface area (Å²) >= 11 is 0. The van der Waals surface area contributed by atoms with Crippen LogP contribution in [0.15, 0.2) is 50.6 Å². The van der Waals surface area contributed by atoms with Gasteiger partial charge in [-0.2, -0.15) is 0 Å². The topological polar surface area (TPSA) is 101 Å². The molecular formula is C17H24N4O4. The Morgan fingerprint density at radius 1 is 1.08 bits per heavy atom. The minimum Gasteiger partial charge on any atom is -0.467 e. The van der Waals surface area contributed by atoms with Crippen LogP contribution in [0.3, 0.4) is 0 Å². The highest BCUT2D eigenvalue weighted by atomic mass is 16.5. The molecule has 0 aliphatic rings.